The maximum absolute atomic E-state index is 11.5. The van der Waals surface area contributed by atoms with Crippen molar-refractivity contribution >= 4 is 6.29 Å². The van der Waals surface area contributed by atoms with Gasteiger partial charge >= 0.3 is 0 Å². The first-order valence-electron chi connectivity index (χ1n) is 5.89. The summed E-state index contributed by atoms with van der Waals surface area (Å²) in [5.74, 6) is 1.13. The predicted molar refractivity (Wildman–Crippen MR) is 73.1 cm³/mol. The molecule has 1 aromatic carbocycles. The van der Waals surface area contributed by atoms with Crippen LogP contribution in [0.15, 0.2) is 29.1 Å². The van der Waals surface area contributed by atoms with Gasteiger partial charge in [0.05, 0.1) is 19.9 Å². The Balaban J connectivity index is 2.62. The SMILES string of the molecule is COc1ccc(-n2nc(C=O)c(=O)cc2C)cc1OC. The summed E-state index contributed by atoms with van der Waals surface area (Å²) >= 11 is 0. The summed E-state index contributed by atoms with van der Waals surface area (Å²) in [5, 5.41) is 4.03. The monoisotopic (exact) mass is 274 g/mol. The van der Waals surface area contributed by atoms with Gasteiger partial charge in [-0.25, -0.2) is 4.68 Å². The molecule has 0 aliphatic carbocycles. The zero-order valence-electron chi connectivity index (χ0n) is 11.4. The number of rotatable bonds is 4. The summed E-state index contributed by atoms with van der Waals surface area (Å²) < 4.78 is 11.9. The van der Waals surface area contributed by atoms with E-state index in [9.17, 15) is 9.59 Å². The summed E-state index contributed by atoms with van der Waals surface area (Å²) in [6, 6.07) is 6.58. The summed E-state index contributed by atoms with van der Waals surface area (Å²) in [7, 11) is 3.08. The zero-order chi connectivity index (χ0) is 14.7. The Morgan fingerprint density at radius 2 is 1.85 bits per heavy atom. The van der Waals surface area contributed by atoms with Gasteiger partial charge in [-0.15, -0.1) is 0 Å². The van der Waals surface area contributed by atoms with E-state index in [0.29, 0.717) is 29.2 Å². The van der Waals surface area contributed by atoms with E-state index in [1.807, 2.05) is 0 Å². The first-order chi connectivity index (χ1) is 9.60. The highest BCUT2D eigenvalue weighted by Crippen LogP contribution is 2.29. The normalized spacial score (nSPS) is 10.2. The van der Waals surface area contributed by atoms with E-state index >= 15 is 0 Å². The van der Waals surface area contributed by atoms with E-state index in [-0.39, 0.29) is 5.69 Å². The molecule has 0 N–H and O–H groups in total. The van der Waals surface area contributed by atoms with E-state index in [1.165, 1.54) is 17.9 Å². The van der Waals surface area contributed by atoms with Crippen LogP contribution in [-0.2, 0) is 0 Å². The molecule has 0 amide bonds. The third kappa shape index (κ3) is 2.40. The van der Waals surface area contributed by atoms with Crippen LogP contribution in [0.4, 0.5) is 0 Å². The zero-order valence-corrected chi connectivity index (χ0v) is 11.4. The van der Waals surface area contributed by atoms with E-state index in [1.54, 1.807) is 32.2 Å². The van der Waals surface area contributed by atoms with Gasteiger partial charge in [-0.1, -0.05) is 0 Å². The van der Waals surface area contributed by atoms with Gasteiger partial charge in [-0.3, -0.25) is 9.59 Å². The molecule has 0 atom stereocenters. The molecule has 0 aliphatic rings. The van der Waals surface area contributed by atoms with Gasteiger partial charge < -0.3 is 9.47 Å². The largest absolute Gasteiger partial charge is 0.493 e. The lowest BCUT2D eigenvalue weighted by atomic mass is 10.2. The molecule has 2 rings (SSSR count). The number of nitrogens with zero attached hydrogens (tertiary/aromatic N) is 2. The Kier molecular flexibility index (Phi) is 3.84. The lowest BCUT2D eigenvalue weighted by Gasteiger charge is -2.13. The number of carbonyl (C=O) groups excluding carboxylic acids is 1. The number of benzene rings is 1. The Morgan fingerprint density at radius 3 is 2.45 bits per heavy atom. The highest BCUT2D eigenvalue weighted by molar-refractivity contribution is 5.71. The summed E-state index contributed by atoms with van der Waals surface area (Å²) in [6.07, 6.45) is 0.443. The molecule has 20 heavy (non-hydrogen) atoms. The van der Waals surface area contributed by atoms with Crippen LogP contribution >= 0.6 is 0 Å². The van der Waals surface area contributed by atoms with E-state index in [0.717, 1.165) is 0 Å². The van der Waals surface area contributed by atoms with Gasteiger partial charge in [-0.2, -0.15) is 5.10 Å². The van der Waals surface area contributed by atoms with Crippen molar-refractivity contribution in [2.45, 2.75) is 6.92 Å². The number of carbonyl (C=O) groups is 1. The maximum atomic E-state index is 11.5. The van der Waals surface area contributed by atoms with Crippen LogP contribution in [0.2, 0.25) is 0 Å². The summed E-state index contributed by atoms with van der Waals surface area (Å²) in [5.41, 5.74) is 0.760. The smallest absolute Gasteiger partial charge is 0.211 e. The molecule has 0 aliphatic heterocycles. The maximum Gasteiger partial charge on any atom is 0.211 e. The van der Waals surface area contributed by atoms with Crippen LogP contribution in [0.25, 0.3) is 5.69 Å². The van der Waals surface area contributed by atoms with Gasteiger partial charge in [0, 0.05) is 17.8 Å². The van der Waals surface area contributed by atoms with Crippen LogP contribution in [0.1, 0.15) is 16.2 Å². The second-order valence-corrected chi connectivity index (χ2v) is 4.10. The predicted octanol–water partition coefficient (Wildman–Crippen LogP) is 1.37. The molecule has 0 radical (unpaired) electrons. The quantitative estimate of drug-likeness (QED) is 0.787. The molecule has 2 aromatic rings. The number of methoxy groups -OCH3 is 2. The summed E-state index contributed by atoms with van der Waals surface area (Å²) in [4.78, 5) is 22.4. The van der Waals surface area contributed by atoms with Gasteiger partial charge in [0.25, 0.3) is 0 Å². The van der Waals surface area contributed by atoms with E-state index < -0.39 is 5.43 Å². The molecule has 0 fully saturated rings. The van der Waals surface area contributed by atoms with Crippen LogP contribution in [0.3, 0.4) is 0 Å². The van der Waals surface area contributed by atoms with Crippen molar-refractivity contribution in [1.29, 1.82) is 0 Å². The Morgan fingerprint density at radius 1 is 1.15 bits per heavy atom. The van der Waals surface area contributed by atoms with Gasteiger partial charge in [0.2, 0.25) is 5.43 Å². The highest BCUT2D eigenvalue weighted by Gasteiger charge is 2.10. The topological polar surface area (TPSA) is 70.4 Å². The fraction of sp³-hybridized carbons (Fsp3) is 0.214. The number of aryl methyl sites for hydroxylation is 1. The molecule has 0 bridgehead atoms. The number of hydrogen-bond acceptors (Lipinski definition) is 5. The fourth-order valence-corrected chi connectivity index (χ4v) is 1.86. The number of aromatic nitrogens is 2. The minimum Gasteiger partial charge on any atom is -0.493 e. The minimum atomic E-state index is -0.394. The molecule has 0 spiro atoms. The van der Waals surface area contributed by atoms with Crippen molar-refractivity contribution in [2.24, 2.45) is 0 Å². The molecule has 1 heterocycles. The number of hydrogen-bond donors (Lipinski definition) is 0. The first-order valence-corrected chi connectivity index (χ1v) is 5.89. The Bertz CT molecular complexity index is 707. The van der Waals surface area contributed by atoms with Crippen molar-refractivity contribution in [3.8, 4) is 17.2 Å². The van der Waals surface area contributed by atoms with Crippen molar-refractivity contribution in [1.82, 2.24) is 9.78 Å². The van der Waals surface area contributed by atoms with Crippen LogP contribution in [0, 0.1) is 6.92 Å². The lowest BCUT2D eigenvalue weighted by Crippen LogP contribution is -2.18. The average molecular weight is 274 g/mol. The number of ether oxygens (including phenoxy) is 2. The van der Waals surface area contributed by atoms with Crippen molar-refractivity contribution in [2.75, 3.05) is 14.2 Å². The average Bonchev–Trinajstić information content (AvgIpc) is 2.46. The van der Waals surface area contributed by atoms with Crippen LogP contribution in [-0.4, -0.2) is 30.3 Å². The van der Waals surface area contributed by atoms with Crippen LogP contribution in [0.5, 0.6) is 11.5 Å². The van der Waals surface area contributed by atoms with Crippen molar-refractivity contribution < 1.29 is 14.3 Å². The van der Waals surface area contributed by atoms with Crippen molar-refractivity contribution in [3.05, 3.63) is 45.9 Å². The van der Waals surface area contributed by atoms with Gasteiger partial charge in [0.1, 0.15) is 0 Å². The second-order valence-electron chi connectivity index (χ2n) is 4.10. The van der Waals surface area contributed by atoms with Gasteiger partial charge in [-0.05, 0) is 19.1 Å². The summed E-state index contributed by atoms with van der Waals surface area (Å²) in [6.45, 7) is 1.74. The van der Waals surface area contributed by atoms with E-state index in [4.69, 9.17) is 9.47 Å². The molecule has 0 saturated heterocycles. The minimum absolute atomic E-state index is 0.134. The standard InChI is InChI=1S/C14H14N2O4/c1-9-6-12(18)11(8-17)15-16(9)10-4-5-13(19-2)14(7-10)20-3/h4-8H,1-3H3. The first kappa shape index (κ1) is 13.8. The van der Waals surface area contributed by atoms with Crippen LogP contribution < -0.4 is 14.9 Å². The Hall–Kier alpha value is -2.63. The molecular formula is C14H14N2O4. The molecule has 0 unspecified atom stereocenters. The van der Waals surface area contributed by atoms with E-state index in [2.05, 4.69) is 5.10 Å². The molecule has 104 valence electrons. The molecular weight excluding hydrogens is 260 g/mol. The fourth-order valence-electron chi connectivity index (χ4n) is 1.86. The highest BCUT2D eigenvalue weighted by atomic mass is 16.5. The third-order valence-corrected chi connectivity index (χ3v) is 2.86. The molecule has 0 saturated carbocycles. The Labute approximate surface area is 115 Å². The molecule has 6 nitrogen and oxygen atoms in total. The third-order valence-electron chi connectivity index (χ3n) is 2.86. The second kappa shape index (κ2) is 5.56. The van der Waals surface area contributed by atoms with Crippen molar-refractivity contribution in [3.63, 3.8) is 0 Å². The van der Waals surface area contributed by atoms with Gasteiger partial charge in [0.15, 0.2) is 23.5 Å². The molecule has 6 heteroatoms. The lowest BCUT2D eigenvalue weighted by molar-refractivity contribution is 0.111. The number of aldehydes is 1. The molecule has 1 aromatic heterocycles.